The predicted octanol–water partition coefficient (Wildman–Crippen LogP) is 3.07. The first-order valence-electron chi connectivity index (χ1n) is 12.0. The summed E-state index contributed by atoms with van der Waals surface area (Å²) in [6.45, 7) is 4.01. The zero-order valence-corrected chi connectivity index (χ0v) is 21.8. The molecule has 38 heavy (non-hydrogen) atoms. The van der Waals surface area contributed by atoms with Crippen LogP contribution >= 0.6 is 11.8 Å². The van der Waals surface area contributed by atoms with Gasteiger partial charge in [-0.25, -0.2) is 18.0 Å². The van der Waals surface area contributed by atoms with Crippen LogP contribution in [-0.2, 0) is 27.3 Å². The zero-order valence-electron chi connectivity index (χ0n) is 21.0. The lowest BCUT2D eigenvalue weighted by molar-refractivity contribution is -0.147. The van der Waals surface area contributed by atoms with E-state index in [4.69, 9.17) is 10.5 Å². The highest BCUT2D eigenvalue weighted by atomic mass is 32.2. The lowest BCUT2D eigenvalue weighted by Gasteiger charge is -2.24. The summed E-state index contributed by atoms with van der Waals surface area (Å²) in [6, 6.07) is 6.97. The number of thioether (sulfide) groups is 1. The standard InChI is InChI=1S/C26H30F3N3O5S/c1-14(2)23(26(35)36)37-18-5-3-15(4-6-18)13-31-24(34)25-32(7-8-38-25)22(33)11-17(30)9-16-10-20(28)21(29)12-19(16)27/h3-6,10,12,14,17,23,25H,7-9,11,13,30H2,1-2H3,(H,31,34)(H,35,36)/t17-,23?,25?/m1/s1. The molecule has 2 amide bonds. The molecule has 2 aromatic rings. The van der Waals surface area contributed by atoms with E-state index in [1.165, 1.54) is 16.7 Å². The van der Waals surface area contributed by atoms with Crippen LogP contribution in [0.4, 0.5) is 13.2 Å². The Kier molecular flexibility index (Phi) is 10.0. The van der Waals surface area contributed by atoms with E-state index in [0.29, 0.717) is 24.1 Å². The second-order valence-electron chi connectivity index (χ2n) is 9.32. The lowest BCUT2D eigenvalue weighted by atomic mass is 10.0. The minimum Gasteiger partial charge on any atom is -0.478 e. The van der Waals surface area contributed by atoms with Crippen LogP contribution in [-0.4, -0.2) is 57.6 Å². The SMILES string of the molecule is CC(C)C(Oc1ccc(CNC(=O)C2SCCN2C(=O)C[C@H](N)Cc2cc(F)c(F)cc2F)cc1)C(=O)O. The van der Waals surface area contributed by atoms with Crippen LogP contribution in [0.15, 0.2) is 36.4 Å². The van der Waals surface area contributed by atoms with Gasteiger partial charge in [-0.2, -0.15) is 0 Å². The summed E-state index contributed by atoms with van der Waals surface area (Å²) in [5.41, 5.74) is 6.60. The Morgan fingerprint density at radius 1 is 1.13 bits per heavy atom. The number of carbonyl (C=O) groups is 3. The van der Waals surface area contributed by atoms with E-state index in [0.717, 1.165) is 11.6 Å². The molecule has 2 unspecified atom stereocenters. The van der Waals surface area contributed by atoms with Gasteiger partial charge >= 0.3 is 5.97 Å². The van der Waals surface area contributed by atoms with Gasteiger partial charge in [0.2, 0.25) is 5.91 Å². The number of aliphatic carboxylic acids is 1. The van der Waals surface area contributed by atoms with E-state index >= 15 is 0 Å². The molecule has 0 spiro atoms. The van der Waals surface area contributed by atoms with E-state index < -0.39 is 46.8 Å². The molecule has 0 saturated carbocycles. The fourth-order valence-corrected chi connectivity index (χ4v) is 5.10. The molecule has 3 rings (SSSR count). The molecule has 0 aliphatic carbocycles. The van der Waals surface area contributed by atoms with Gasteiger partial charge < -0.3 is 25.8 Å². The fraction of sp³-hybridized carbons (Fsp3) is 0.423. The first-order chi connectivity index (χ1) is 18.0. The van der Waals surface area contributed by atoms with E-state index in [-0.39, 0.29) is 36.8 Å². The number of hydrogen-bond acceptors (Lipinski definition) is 6. The molecule has 1 aliphatic heterocycles. The molecule has 1 saturated heterocycles. The van der Waals surface area contributed by atoms with Crippen molar-refractivity contribution in [1.82, 2.24) is 10.2 Å². The van der Waals surface area contributed by atoms with E-state index in [1.54, 1.807) is 38.1 Å². The number of ether oxygens (including phenoxy) is 1. The summed E-state index contributed by atoms with van der Waals surface area (Å²) in [5, 5.41) is 11.3. The van der Waals surface area contributed by atoms with Crippen molar-refractivity contribution in [2.45, 2.75) is 50.8 Å². The molecular formula is C26H30F3N3O5S. The molecule has 3 atom stereocenters. The third-order valence-electron chi connectivity index (χ3n) is 5.95. The van der Waals surface area contributed by atoms with Crippen molar-refractivity contribution in [2.24, 2.45) is 11.7 Å². The molecule has 1 heterocycles. The highest BCUT2D eigenvalue weighted by Crippen LogP contribution is 2.26. The Labute approximate surface area is 222 Å². The minimum atomic E-state index is -1.30. The molecule has 1 fully saturated rings. The normalized spacial score (nSPS) is 16.8. The van der Waals surface area contributed by atoms with Crippen molar-refractivity contribution >= 4 is 29.5 Å². The van der Waals surface area contributed by atoms with Gasteiger partial charge in [0, 0.05) is 43.3 Å². The quantitative estimate of drug-likeness (QED) is 0.366. The van der Waals surface area contributed by atoms with Gasteiger partial charge in [0.05, 0.1) is 0 Å². The Morgan fingerprint density at radius 2 is 1.79 bits per heavy atom. The van der Waals surface area contributed by atoms with Gasteiger partial charge in [-0.15, -0.1) is 11.8 Å². The molecule has 0 radical (unpaired) electrons. The van der Waals surface area contributed by atoms with E-state index in [1.807, 2.05) is 0 Å². The summed E-state index contributed by atoms with van der Waals surface area (Å²) in [4.78, 5) is 38.4. The first-order valence-corrected chi connectivity index (χ1v) is 13.1. The Morgan fingerprint density at radius 3 is 2.42 bits per heavy atom. The smallest absolute Gasteiger partial charge is 0.345 e. The third kappa shape index (κ3) is 7.64. The van der Waals surface area contributed by atoms with E-state index in [9.17, 15) is 32.7 Å². The summed E-state index contributed by atoms with van der Waals surface area (Å²) in [5.74, 6) is -4.55. The maximum atomic E-state index is 13.9. The molecule has 12 heteroatoms. The van der Waals surface area contributed by atoms with Gasteiger partial charge in [0.1, 0.15) is 11.6 Å². The van der Waals surface area contributed by atoms with Crippen molar-refractivity contribution in [3.05, 3.63) is 65.0 Å². The van der Waals surface area contributed by atoms with Gasteiger partial charge in [0.25, 0.3) is 5.91 Å². The van der Waals surface area contributed by atoms with Gasteiger partial charge in [-0.05, 0) is 35.7 Å². The highest BCUT2D eigenvalue weighted by molar-refractivity contribution is 8.00. The van der Waals surface area contributed by atoms with E-state index in [2.05, 4.69) is 5.32 Å². The number of carboxylic acid groups (broad SMARTS) is 1. The van der Waals surface area contributed by atoms with Crippen molar-refractivity contribution in [1.29, 1.82) is 0 Å². The molecule has 2 aromatic carbocycles. The van der Waals surface area contributed by atoms with Crippen molar-refractivity contribution < 1.29 is 37.4 Å². The second-order valence-corrected chi connectivity index (χ2v) is 10.5. The molecular weight excluding hydrogens is 523 g/mol. The van der Waals surface area contributed by atoms with Crippen molar-refractivity contribution in [3.8, 4) is 5.75 Å². The number of nitrogens with one attached hydrogen (secondary N) is 1. The van der Waals surface area contributed by atoms with Crippen LogP contribution in [0.25, 0.3) is 0 Å². The van der Waals surface area contributed by atoms with Crippen LogP contribution in [0.3, 0.4) is 0 Å². The predicted molar refractivity (Wildman–Crippen MR) is 136 cm³/mol. The molecule has 0 aromatic heterocycles. The van der Waals surface area contributed by atoms with Crippen LogP contribution in [0, 0.1) is 23.4 Å². The maximum absolute atomic E-state index is 13.9. The number of nitrogens with zero attached hydrogens (tertiary/aromatic N) is 1. The minimum absolute atomic E-state index is 0.131. The number of benzene rings is 2. The maximum Gasteiger partial charge on any atom is 0.345 e. The molecule has 8 nitrogen and oxygen atoms in total. The molecule has 206 valence electrons. The third-order valence-corrected chi connectivity index (χ3v) is 7.15. The van der Waals surface area contributed by atoms with Crippen molar-refractivity contribution in [2.75, 3.05) is 12.3 Å². The van der Waals surface area contributed by atoms with Gasteiger partial charge in [-0.1, -0.05) is 26.0 Å². The number of carboxylic acids is 1. The van der Waals surface area contributed by atoms with Gasteiger partial charge in [0.15, 0.2) is 23.1 Å². The second kappa shape index (κ2) is 13.0. The number of rotatable bonds is 11. The van der Waals surface area contributed by atoms with Crippen LogP contribution in [0.5, 0.6) is 5.75 Å². The van der Waals surface area contributed by atoms with Crippen LogP contribution in [0.1, 0.15) is 31.4 Å². The number of amides is 2. The number of nitrogens with two attached hydrogens (primary N) is 1. The zero-order chi connectivity index (χ0) is 28.0. The Balaban J connectivity index is 1.52. The number of halogens is 3. The van der Waals surface area contributed by atoms with Crippen LogP contribution in [0.2, 0.25) is 0 Å². The summed E-state index contributed by atoms with van der Waals surface area (Å²) < 4.78 is 46.0. The van der Waals surface area contributed by atoms with Gasteiger partial charge in [-0.3, -0.25) is 9.59 Å². The number of carbonyl (C=O) groups excluding carboxylic acids is 2. The Bertz CT molecular complexity index is 1170. The lowest BCUT2D eigenvalue weighted by Crippen LogP contribution is -2.46. The number of hydrogen-bond donors (Lipinski definition) is 3. The topological polar surface area (TPSA) is 122 Å². The summed E-state index contributed by atoms with van der Waals surface area (Å²) in [7, 11) is 0. The van der Waals surface area contributed by atoms with Crippen LogP contribution < -0.4 is 15.8 Å². The first kappa shape index (κ1) is 29.3. The monoisotopic (exact) mass is 553 g/mol. The largest absolute Gasteiger partial charge is 0.478 e. The highest BCUT2D eigenvalue weighted by Gasteiger charge is 2.35. The fourth-order valence-electron chi connectivity index (χ4n) is 3.94. The summed E-state index contributed by atoms with van der Waals surface area (Å²) >= 11 is 1.30. The summed E-state index contributed by atoms with van der Waals surface area (Å²) in [6.07, 6.45) is -1.35. The molecule has 0 bridgehead atoms. The molecule has 4 N–H and O–H groups in total. The average molecular weight is 554 g/mol. The molecule has 1 aliphatic rings. The average Bonchev–Trinajstić information content (AvgIpc) is 3.35. The van der Waals surface area contributed by atoms with Crippen molar-refractivity contribution in [3.63, 3.8) is 0 Å². The Hall–Kier alpha value is -3.25.